The van der Waals surface area contributed by atoms with Gasteiger partial charge in [0.25, 0.3) is 0 Å². The predicted octanol–water partition coefficient (Wildman–Crippen LogP) is 4.36. The van der Waals surface area contributed by atoms with Crippen LogP contribution < -0.4 is 10.2 Å². The first-order valence-corrected chi connectivity index (χ1v) is 11.8. The molecule has 2 heterocycles. The standard InChI is InChI=1S/C25H36F2N2O6/c1-14-10-29(11-15(2)34-14)21-17(22-32-12-25(6,7)13-33-22)8-16(19(26)20(21)27)18(30)9-28-23(31)35-24(3,4)5/h8,14-15,22H,9-13H2,1-7H3,(H,28,31)/t14-,15-/m1/s1. The Morgan fingerprint density at radius 3 is 2.23 bits per heavy atom. The number of hydrogen-bond donors (Lipinski definition) is 1. The largest absolute Gasteiger partial charge is 0.444 e. The van der Waals surface area contributed by atoms with Crippen LogP contribution in [0.1, 0.15) is 70.7 Å². The van der Waals surface area contributed by atoms with Gasteiger partial charge in [-0.2, -0.15) is 0 Å². The molecule has 3 rings (SSSR count). The molecule has 0 spiro atoms. The van der Waals surface area contributed by atoms with Gasteiger partial charge in [-0.25, -0.2) is 13.6 Å². The summed E-state index contributed by atoms with van der Waals surface area (Å²) in [5.41, 5.74) is -1.29. The highest BCUT2D eigenvalue weighted by Gasteiger charge is 2.36. The molecule has 1 amide bonds. The number of nitrogens with one attached hydrogen (secondary N) is 1. The molecule has 0 radical (unpaired) electrons. The van der Waals surface area contributed by atoms with Crippen LogP contribution in [-0.2, 0) is 18.9 Å². The van der Waals surface area contributed by atoms with Gasteiger partial charge < -0.3 is 29.2 Å². The summed E-state index contributed by atoms with van der Waals surface area (Å²) in [5, 5.41) is 2.29. The van der Waals surface area contributed by atoms with E-state index in [1.54, 1.807) is 25.7 Å². The van der Waals surface area contributed by atoms with Gasteiger partial charge in [-0.15, -0.1) is 0 Å². The van der Waals surface area contributed by atoms with E-state index in [2.05, 4.69) is 5.32 Å². The van der Waals surface area contributed by atoms with Gasteiger partial charge in [0.1, 0.15) is 5.60 Å². The zero-order chi connectivity index (χ0) is 26.1. The summed E-state index contributed by atoms with van der Waals surface area (Å²) in [6, 6.07) is 1.26. The number of carbonyl (C=O) groups excluding carboxylic acids is 2. The van der Waals surface area contributed by atoms with Crippen molar-refractivity contribution in [3.8, 4) is 0 Å². The van der Waals surface area contributed by atoms with Crippen LogP contribution in [0.4, 0.5) is 19.3 Å². The molecule has 0 aliphatic carbocycles. The topological polar surface area (TPSA) is 86.3 Å². The molecule has 0 unspecified atom stereocenters. The van der Waals surface area contributed by atoms with Crippen molar-refractivity contribution in [3.05, 3.63) is 28.8 Å². The van der Waals surface area contributed by atoms with E-state index in [1.165, 1.54) is 6.07 Å². The van der Waals surface area contributed by atoms with Gasteiger partial charge in [-0.3, -0.25) is 4.79 Å². The Bertz CT molecular complexity index is 942. The van der Waals surface area contributed by atoms with E-state index < -0.39 is 47.5 Å². The summed E-state index contributed by atoms with van der Waals surface area (Å²) in [5.74, 6) is -3.26. The number of carbonyl (C=O) groups is 2. The Morgan fingerprint density at radius 1 is 1.11 bits per heavy atom. The van der Waals surface area contributed by atoms with Crippen molar-refractivity contribution in [2.75, 3.05) is 37.7 Å². The second-order valence-corrected chi connectivity index (χ2v) is 11.0. The maximum atomic E-state index is 15.6. The van der Waals surface area contributed by atoms with Crippen LogP contribution in [0.15, 0.2) is 6.07 Å². The fourth-order valence-electron chi connectivity index (χ4n) is 4.13. The van der Waals surface area contributed by atoms with E-state index in [0.717, 1.165) is 0 Å². The number of Topliss-reactive ketones (excluding diaryl/α,β-unsaturated/α-hetero) is 1. The van der Waals surface area contributed by atoms with Gasteiger partial charge in [-0.1, -0.05) is 13.8 Å². The smallest absolute Gasteiger partial charge is 0.408 e. The minimum Gasteiger partial charge on any atom is -0.444 e. The van der Waals surface area contributed by atoms with E-state index in [4.69, 9.17) is 18.9 Å². The molecule has 0 aromatic heterocycles. The molecule has 0 bridgehead atoms. The number of ether oxygens (including phenoxy) is 4. The Morgan fingerprint density at radius 2 is 1.69 bits per heavy atom. The molecule has 2 atom stereocenters. The normalized spacial score (nSPS) is 23.2. The highest BCUT2D eigenvalue weighted by Crippen LogP contribution is 2.40. The molecular weight excluding hydrogens is 462 g/mol. The first-order chi connectivity index (χ1) is 16.2. The number of rotatable bonds is 5. The SMILES string of the molecule is C[C@@H]1CN(c2c(C3OCC(C)(C)CO3)cc(C(=O)CNC(=O)OC(C)(C)C)c(F)c2F)C[C@@H](C)O1. The Labute approximate surface area is 205 Å². The predicted molar refractivity (Wildman–Crippen MR) is 126 cm³/mol. The summed E-state index contributed by atoms with van der Waals surface area (Å²) in [4.78, 5) is 26.5. The van der Waals surface area contributed by atoms with Gasteiger partial charge in [0, 0.05) is 24.1 Å². The number of ketones is 1. The maximum Gasteiger partial charge on any atom is 0.408 e. The monoisotopic (exact) mass is 498 g/mol. The summed E-state index contributed by atoms with van der Waals surface area (Å²) in [6.07, 6.45) is -2.23. The van der Waals surface area contributed by atoms with Crippen molar-refractivity contribution in [3.63, 3.8) is 0 Å². The highest BCUT2D eigenvalue weighted by atomic mass is 19.2. The third-order valence-electron chi connectivity index (χ3n) is 5.54. The van der Waals surface area contributed by atoms with E-state index in [9.17, 15) is 9.59 Å². The molecule has 0 saturated carbocycles. The molecule has 2 aliphatic rings. The van der Waals surface area contributed by atoms with Gasteiger partial charge in [0.15, 0.2) is 23.7 Å². The Balaban J connectivity index is 1.95. The van der Waals surface area contributed by atoms with E-state index in [0.29, 0.717) is 26.3 Å². The number of amides is 1. The number of nitrogens with zero attached hydrogens (tertiary/aromatic N) is 1. The third-order valence-corrected chi connectivity index (χ3v) is 5.54. The molecule has 2 fully saturated rings. The van der Waals surface area contributed by atoms with Crippen molar-refractivity contribution in [2.45, 2.75) is 72.6 Å². The Kier molecular flexibility index (Phi) is 8.08. The minimum absolute atomic E-state index is 0.00847. The van der Waals surface area contributed by atoms with Gasteiger partial charge in [0.2, 0.25) is 0 Å². The lowest BCUT2D eigenvalue weighted by Gasteiger charge is -2.40. The van der Waals surface area contributed by atoms with E-state index in [-0.39, 0.29) is 28.9 Å². The summed E-state index contributed by atoms with van der Waals surface area (Å²) >= 11 is 0. The lowest BCUT2D eigenvalue weighted by Crippen LogP contribution is -2.46. The van der Waals surface area contributed by atoms with Crippen LogP contribution in [0.2, 0.25) is 0 Å². The first-order valence-electron chi connectivity index (χ1n) is 11.8. The lowest BCUT2D eigenvalue weighted by atomic mass is 9.94. The molecule has 35 heavy (non-hydrogen) atoms. The van der Waals surface area contributed by atoms with Gasteiger partial charge >= 0.3 is 6.09 Å². The Hall–Kier alpha value is -2.30. The van der Waals surface area contributed by atoms with E-state index >= 15 is 8.78 Å². The van der Waals surface area contributed by atoms with Crippen LogP contribution >= 0.6 is 0 Å². The number of halogens is 2. The van der Waals surface area contributed by atoms with Crippen LogP contribution in [0.3, 0.4) is 0 Å². The first kappa shape index (κ1) is 27.3. The second-order valence-electron chi connectivity index (χ2n) is 11.0. The van der Waals surface area contributed by atoms with Crippen molar-refractivity contribution >= 4 is 17.6 Å². The fraction of sp³-hybridized carbons (Fsp3) is 0.680. The van der Waals surface area contributed by atoms with Gasteiger partial charge in [-0.05, 0) is 40.7 Å². The van der Waals surface area contributed by atoms with Gasteiger partial charge in [0.05, 0.1) is 43.2 Å². The summed E-state index contributed by atoms with van der Waals surface area (Å²) in [6.45, 7) is 13.5. The molecule has 2 saturated heterocycles. The minimum atomic E-state index is -1.29. The second kappa shape index (κ2) is 10.4. The number of morpholine rings is 1. The zero-order valence-corrected chi connectivity index (χ0v) is 21.5. The average molecular weight is 499 g/mol. The molecule has 1 aromatic rings. The van der Waals surface area contributed by atoms with Crippen molar-refractivity contribution in [2.24, 2.45) is 5.41 Å². The third kappa shape index (κ3) is 6.89. The van der Waals surface area contributed by atoms with Crippen molar-refractivity contribution in [1.29, 1.82) is 0 Å². The number of anilines is 1. The zero-order valence-electron chi connectivity index (χ0n) is 21.5. The van der Waals surface area contributed by atoms with Crippen LogP contribution in [0.5, 0.6) is 0 Å². The van der Waals surface area contributed by atoms with Crippen molar-refractivity contribution < 1.29 is 37.3 Å². The number of benzene rings is 1. The van der Waals surface area contributed by atoms with Crippen LogP contribution in [0.25, 0.3) is 0 Å². The summed E-state index contributed by atoms with van der Waals surface area (Å²) < 4.78 is 53.5. The van der Waals surface area contributed by atoms with Crippen molar-refractivity contribution in [1.82, 2.24) is 5.32 Å². The molecular formula is C25H36F2N2O6. The van der Waals surface area contributed by atoms with E-state index in [1.807, 2.05) is 27.7 Å². The number of alkyl carbamates (subject to hydrolysis) is 1. The molecule has 196 valence electrons. The quantitative estimate of drug-likeness (QED) is 0.604. The van der Waals surface area contributed by atoms with Crippen LogP contribution in [0, 0.1) is 17.0 Å². The average Bonchev–Trinajstić information content (AvgIpc) is 2.72. The molecule has 2 aliphatic heterocycles. The summed E-state index contributed by atoms with van der Waals surface area (Å²) in [7, 11) is 0. The molecule has 8 nitrogen and oxygen atoms in total. The highest BCUT2D eigenvalue weighted by molar-refractivity contribution is 5.99. The molecule has 1 N–H and O–H groups in total. The lowest BCUT2D eigenvalue weighted by molar-refractivity contribution is -0.226. The van der Waals surface area contributed by atoms with Crippen LogP contribution in [-0.4, -0.2) is 62.5 Å². The molecule has 1 aromatic carbocycles. The molecule has 10 heteroatoms. The fourth-order valence-corrected chi connectivity index (χ4v) is 4.13. The maximum absolute atomic E-state index is 15.6. The number of hydrogen-bond acceptors (Lipinski definition) is 7.